The Balaban J connectivity index is 1.60. The van der Waals surface area contributed by atoms with Crippen LogP contribution in [0.2, 0.25) is 0 Å². The normalized spacial score (nSPS) is 36.6. The lowest BCUT2D eigenvalue weighted by atomic mass is 10.4. The number of epoxide rings is 2. The SMILES string of the molecule is [CH2]N(CC1CO1)CC1CO1. The molecule has 0 spiro atoms. The van der Waals surface area contributed by atoms with Gasteiger partial charge < -0.3 is 9.47 Å². The van der Waals surface area contributed by atoms with Crippen LogP contribution in [0.15, 0.2) is 0 Å². The van der Waals surface area contributed by atoms with Crippen LogP contribution < -0.4 is 0 Å². The molecule has 2 heterocycles. The minimum absolute atomic E-state index is 0.455. The number of rotatable bonds is 4. The van der Waals surface area contributed by atoms with Gasteiger partial charge in [0, 0.05) is 20.1 Å². The van der Waals surface area contributed by atoms with Crippen LogP contribution >= 0.6 is 0 Å². The van der Waals surface area contributed by atoms with E-state index in [1.165, 1.54) is 0 Å². The second kappa shape index (κ2) is 2.49. The van der Waals surface area contributed by atoms with Gasteiger partial charge in [0.2, 0.25) is 0 Å². The first-order valence-corrected chi connectivity index (χ1v) is 3.63. The summed E-state index contributed by atoms with van der Waals surface area (Å²) in [5.74, 6) is 0. The van der Waals surface area contributed by atoms with Crippen molar-refractivity contribution in [3.8, 4) is 0 Å². The molecule has 0 N–H and O–H groups in total. The molecule has 2 fully saturated rings. The highest BCUT2D eigenvalue weighted by atomic mass is 16.6. The van der Waals surface area contributed by atoms with Crippen LogP contribution in [-0.4, -0.2) is 43.4 Å². The van der Waals surface area contributed by atoms with Gasteiger partial charge in [0.1, 0.15) is 0 Å². The average Bonchev–Trinajstić information content (AvgIpc) is 2.59. The van der Waals surface area contributed by atoms with Gasteiger partial charge in [0.25, 0.3) is 0 Å². The zero-order valence-electron chi connectivity index (χ0n) is 5.95. The van der Waals surface area contributed by atoms with E-state index < -0.39 is 0 Å². The molecule has 3 heteroatoms. The fraction of sp³-hybridized carbons (Fsp3) is 0.857. The van der Waals surface area contributed by atoms with Gasteiger partial charge in [0.15, 0.2) is 0 Å². The van der Waals surface area contributed by atoms with Crippen molar-refractivity contribution in [3.05, 3.63) is 7.05 Å². The van der Waals surface area contributed by atoms with E-state index in [1.54, 1.807) is 0 Å². The average molecular weight is 142 g/mol. The third kappa shape index (κ3) is 1.94. The summed E-state index contributed by atoms with van der Waals surface area (Å²) in [4.78, 5) is 2.02. The van der Waals surface area contributed by atoms with E-state index in [9.17, 15) is 0 Å². The number of nitrogens with zero attached hydrogens (tertiary/aromatic N) is 1. The lowest BCUT2D eigenvalue weighted by molar-refractivity contribution is 0.276. The van der Waals surface area contributed by atoms with Crippen LogP contribution in [0.1, 0.15) is 0 Å². The van der Waals surface area contributed by atoms with E-state index >= 15 is 0 Å². The summed E-state index contributed by atoms with van der Waals surface area (Å²) in [5.41, 5.74) is 0. The van der Waals surface area contributed by atoms with Crippen molar-refractivity contribution in [2.24, 2.45) is 0 Å². The van der Waals surface area contributed by atoms with Crippen LogP contribution in [0, 0.1) is 7.05 Å². The fourth-order valence-electron chi connectivity index (χ4n) is 0.997. The third-order valence-electron chi connectivity index (χ3n) is 1.73. The molecule has 1 radical (unpaired) electrons. The van der Waals surface area contributed by atoms with Gasteiger partial charge in [-0.1, -0.05) is 0 Å². The molecule has 0 aromatic rings. The van der Waals surface area contributed by atoms with Crippen molar-refractivity contribution in [3.63, 3.8) is 0 Å². The predicted molar refractivity (Wildman–Crippen MR) is 36.4 cm³/mol. The maximum absolute atomic E-state index is 5.06. The minimum atomic E-state index is 0.455. The summed E-state index contributed by atoms with van der Waals surface area (Å²) in [5, 5.41) is 0. The Morgan fingerprint density at radius 2 is 1.60 bits per heavy atom. The predicted octanol–water partition coefficient (Wildman–Crippen LogP) is -0.122. The van der Waals surface area contributed by atoms with E-state index in [0.29, 0.717) is 12.2 Å². The standard InChI is InChI=1S/C7H12NO2/c1-8(2-6-4-9-6)3-7-5-10-7/h6-7H,1-5H2. The third-order valence-corrected chi connectivity index (χ3v) is 1.73. The first kappa shape index (κ1) is 6.58. The zero-order chi connectivity index (χ0) is 6.97. The molecule has 3 nitrogen and oxygen atoms in total. The Morgan fingerprint density at radius 3 is 1.90 bits per heavy atom. The summed E-state index contributed by atoms with van der Waals surface area (Å²) in [6.07, 6.45) is 0.910. The molecule has 0 bridgehead atoms. The highest BCUT2D eigenvalue weighted by Gasteiger charge is 2.28. The van der Waals surface area contributed by atoms with Crippen molar-refractivity contribution >= 4 is 0 Å². The van der Waals surface area contributed by atoms with Crippen LogP contribution in [0.25, 0.3) is 0 Å². The van der Waals surface area contributed by atoms with Crippen molar-refractivity contribution in [2.75, 3.05) is 26.3 Å². The lowest BCUT2D eigenvalue weighted by Gasteiger charge is -2.11. The zero-order valence-corrected chi connectivity index (χ0v) is 5.95. The summed E-state index contributed by atoms with van der Waals surface area (Å²) < 4.78 is 10.1. The van der Waals surface area contributed by atoms with Crippen molar-refractivity contribution in [2.45, 2.75) is 12.2 Å². The first-order valence-electron chi connectivity index (χ1n) is 3.63. The van der Waals surface area contributed by atoms with E-state index in [0.717, 1.165) is 26.3 Å². The highest BCUT2D eigenvalue weighted by Crippen LogP contribution is 2.14. The minimum Gasteiger partial charge on any atom is -0.372 e. The molecule has 0 aliphatic carbocycles. The quantitative estimate of drug-likeness (QED) is 0.512. The molecule has 2 atom stereocenters. The highest BCUT2D eigenvalue weighted by molar-refractivity contribution is 4.79. The molecule has 2 rings (SSSR count). The smallest absolute Gasteiger partial charge is 0.0936 e. The molecule has 10 heavy (non-hydrogen) atoms. The van der Waals surface area contributed by atoms with Gasteiger partial charge >= 0.3 is 0 Å². The van der Waals surface area contributed by atoms with Gasteiger partial charge in [-0.25, -0.2) is 0 Å². The molecule has 0 amide bonds. The van der Waals surface area contributed by atoms with Crippen LogP contribution in [0.5, 0.6) is 0 Å². The Hall–Kier alpha value is -0.120. The Bertz CT molecular complexity index is 107. The van der Waals surface area contributed by atoms with Gasteiger partial charge in [-0.2, -0.15) is 0 Å². The summed E-state index contributed by atoms with van der Waals surface area (Å²) in [6.45, 7) is 3.74. The van der Waals surface area contributed by atoms with Crippen molar-refractivity contribution < 1.29 is 9.47 Å². The molecule has 2 saturated heterocycles. The molecular weight excluding hydrogens is 130 g/mol. The largest absolute Gasteiger partial charge is 0.372 e. The van der Waals surface area contributed by atoms with E-state index in [4.69, 9.17) is 9.47 Å². The van der Waals surface area contributed by atoms with E-state index in [1.807, 2.05) is 4.90 Å². The van der Waals surface area contributed by atoms with Gasteiger partial charge in [-0.05, 0) is 0 Å². The van der Waals surface area contributed by atoms with Gasteiger partial charge in [-0.15, -0.1) is 0 Å². The monoisotopic (exact) mass is 142 g/mol. The Labute approximate surface area is 60.9 Å². The molecule has 2 unspecified atom stereocenters. The topological polar surface area (TPSA) is 28.3 Å². The first-order chi connectivity index (χ1) is 4.84. The van der Waals surface area contributed by atoms with Crippen molar-refractivity contribution in [1.29, 1.82) is 0 Å². The molecule has 57 valence electrons. The number of ether oxygens (including phenoxy) is 2. The molecule has 2 aliphatic rings. The molecule has 0 saturated carbocycles. The van der Waals surface area contributed by atoms with E-state index in [-0.39, 0.29) is 0 Å². The van der Waals surface area contributed by atoms with Gasteiger partial charge in [0.05, 0.1) is 25.4 Å². The van der Waals surface area contributed by atoms with Crippen LogP contribution in [0.4, 0.5) is 0 Å². The lowest BCUT2D eigenvalue weighted by Crippen LogP contribution is -2.25. The van der Waals surface area contributed by atoms with Crippen LogP contribution in [0.3, 0.4) is 0 Å². The molecule has 2 aliphatic heterocycles. The second-order valence-corrected chi connectivity index (χ2v) is 2.95. The summed E-state index contributed by atoms with van der Waals surface area (Å²) >= 11 is 0. The summed E-state index contributed by atoms with van der Waals surface area (Å²) in [7, 11) is 3.87. The fourth-order valence-corrected chi connectivity index (χ4v) is 0.997. The van der Waals surface area contributed by atoms with E-state index in [2.05, 4.69) is 7.05 Å². The molecule has 0 aromatic carbocycles. The Morgan fingerprint density at radius 1 is 1.20 bits per heavy atom. The van der Waals surface area contributed by atoms with Crippen molar-refractivity contribution in [1.82, 2.24) is 4.90 Å². The van der Waals surface area contributed by atoms with Crippen LogP contribution in [-0.2, 0) is 9.47 Å². The Kier molecular flexibility index (Phi) is 1.64. The maximum Gasteiger partial charge on any atom is 0.0936 e. The number of hydrogen-bond acceptors (Lipinski definition) is 3. The molecular formula is C7H12NO2. The summed E-state index contributed by atoms with van der Waals surface area (Å²) in [6, 6.07) is 0. The molecule has 0 aromatic heterocycles. The van der Waals surface area contributed by atoms with Gasteiger partial charge in [-0.3, -0.25) is 4.90 Å². The maximum atomic E-state index is 5.06. The number of hydrogen-bond donors (Lipinski definition) is 0. The second-order valence-electron chi connectivity index (χ2n) is 2.95.